The maximum Gasteiger partial charge on any atom is 0.303 e. The molecule has 0 bridgehead atoms. The van der Waals surface area contributed by atoms with Gasteiger partial charge < -0.3 is 15.3 Å². The van der Waals surface area contributed by atoms with Crippen LogP contribution in [0.5, 0.6) is 0 Å². The summed E-state index contributed by atoms with van der Waals surface area (Å²) in [5.74, 6) is -0.829. The second-order valence-electron chi connectivity index (χ2n) is 7.59. The minimum absolute atomic E-state index is 0.0983. The van der Waals surface area contributed by atoms with Gasteiger partial charge in [-0.2, -0.15) is 0 Å². The van der Waals surface area contributed by atoms with Crippen molar-refractivity contribution in [1.29, 1.82) is 0 Å². The largest absolute Gasteiger partial charge is 0.481 e. The minimum Gasteiger partial charge on any atom is -0.481 e. The van der Waals surface area contributed by atoms with Crippen LogP contribution in [0.3, 0.4) is 0 Å². The number of Topliss-reactive ketones (excluding diaryl/α,β-unsaturated/α-hetero) is 1. The normalized spacial score (nSPS) is 24.4. The number of aliphatic carboxylic acids is 1. The van der Waals surface area contributed by atoms with Gasteiger partial charge in [0.25, 0.3) is 0 Å². The predicted octanol–water partition coefficient (Wildman–Crippen LogP) is 3.72. The van der Waals surface area contributed by atoms with Gasteiger partial charge in [0.1, 0.15) is 5.78 Å². The van der Waals surface area contributed by atoms with Crippen molar-refractivity contribution in [2.45, 2.75) is 83.7 Å². The summed E-state index contributed by atoms with van der Waals surface area (Å²) in [6, 6.07) is 0. The van der Waals surface area contributed by atoms with E-state index in [1.54, 1.807) is 0 Å². The zero-order valence-corrected chi connectivity index (χ0v) is 16.1. The van der Waals surface area contributed by atoms with Gasteiger partial charge in [-0.1, -0.05) is 57.6 Å². The van der Waals surface area contributed by atoms with Crippen molar-refractivity contribution in [2.24, 2.45) is 17.8 Å². The Kier molecular flexibility index (Phi) is 11.5. The molecule has 1 aliphatic rings. The number of rotatable bonds is 14. The van der Waals surface area contributed by atoms with Crippen LogP contribution < -0.4 is 0 Å². The van der Waals surface area contributed by atoms with Crippen molar-refractivity contribution in [1.82, 2.24) is 0 Å². The number of hydrogen-bond acceptors (Lipinski definition) is 4. The third kappa shape index (κ3) is 8.45. The van der Waals surface area contributed by atoms with Crippen LogP contribution in [0.4, 0.5) is 0 Å². The SMILES string of the molecule is CCCCC[C@@H](C=C[C@H]1[C@H](O)CC(=O)[C@@H]1CCCCCCC(=O)O)CO. The number of carboxylic acids is 1. The van der Waals surface area contributed by atoms with Gasteiger partial charge in [0.15, 0.2) is 0 Å². The van der Waals surface area contributed by atoms with E-state index >= 15 is 0 Å². The fourth-order valence-electron chi connectivity index (χ4n) is 3.78. The van der Waals surface area contributed by atoms with Crippen LogP contribution in [0.25, 0.3) is 0 Å². The summed E-state index contributed by atoms with van der Waals surface area (Å²) in [7, 11) is 0. The molecular weight excluding hydrogens is 332 g/mol. The van der Waals surface area contributed by atoms with Crippen molar-refractivity contribution < 1.29 is 24.9 Å². The Bertz CT molecular complexity index is 446. The summed E-state index contributed by atoms with van der Waals surface area (Å²) in [4.78, 5) is 22.7. The average molecular weight is 369 g/mol. The van der Waals surface area contributed by atoms with Gasteiger partial charge in [-0.15, -0.1) is 0 Å². The van der Waals surface area contributed by atoms with E-state index < -0.39 is 12.1 Å². The summed E-state index contributed by atoms with van der Waals surface area (Å²) < 4.78 is 0. The number of carbonyl (C=O) groups excluding carboxylic acids is 1. The van der Waals surface area contributed by atoms with Crippen LogP contribution in [0, 0.1) is 17.8 Å². The first-order valence-corrected chi connectivity index (χ1v) is 10.2. The Morgan fingerprint density at radius 2 is 1.92 bits per heavy atom. The molecule has 0 aliphatic heterocycles. The van der Waals surface area contributed by atoms with Crippen LogP contribution in [0.2, 0.25) is 0 Å². The molecule has 4 atom stereocenters. The van der Waals surface area contributed by atoms with Crippen LogP contribution in [0.15, 0.2) is 12.2 Å². The molecule has 1 aliphatic carbocycles. The van der Waals surface area contributed by atoms with Gasteiger partial charge in [-0.3, -0.25) is 9.59 Å². The van der Waals surface area contributed by atoms with Crippen LogP contribution in [-0.4, -0.2) is 39.8 Å². The molecule has 26 heavy (non-hydrogen) atoms. The van der Waals surface area contributed by atoms with Crippen LogP contribution in [-0.2, 0) is 9.59 Å². The number of aliphatic hydroxyl groups excluding tert-OH is 2. The first kappa shape index (κ1) is 22.8. The molecule has 0 spiro atoms. The van der Waals surface area contributed by atoms with Crippen molar-refractivity contribution in [2.75, 3.05) is 6.61 Å². The Balaban J connectivity index is 2.46. The zero-order chi connectivity index (χ0) is 19.4. The Hall–Kier alpha value is -1.20. The molecule has 1 saturated carbocycles. The molecule has 5 heteroatoms. The lowest BCUT2D eigenvalue weighted by Crippen LogP contribution is -2.19. The number of carbonyl (C=O) groups is 2. The van der Waals surface area contributed by atoms with E-state index in [1.165, 1.54) is 0 Å². The molecule has 0 aromatic carbocycles. The van der Waals surface area contributed by atoms with E-state index in [9.17, 15) is 19.8 Å². The highest BCUT2D eigenvalue weighted by atomic mass is 16.4. The van der Waals surface area contributed by atoms with Gasteiger partial charge >= 0.3 is 5.97 Å². The van der Waals surface area contributed by atoms with Crippen molar-refractivity contribution >= 4 is 11.8 Å². The molecule has 0 unspecified atom stereocenters. The minimum atomic E-state index is -0.762. The Morgan fingerprint density at radius 1 is 1.19 bits per heavy atom. The lowest BCUT2D eigenvalue weighted by atomic mass is 9.87. The van der Waals surface area contributed by atoms with E-state index in [1.807, 2.05) is 12.2 Å². The topological polar surface area (TPSA) is 94.8 Å². The Morgan fingerprint density at radius 3 is 2.58 bits per heavy atom. The smallest absolute Gasteiger partial charge is 0.303 e. The van der Waals surface area contributed by atoms with Crippen molar-refractivity contribution in [3.8, 4) is 0 Å². The van der Waals surface area contributed by atoms with Crippen molar-refractivity contribution in [3.63, 3.8) is 0 Å². The molecule has 0 radical (unpaired) electrons. The van der Waals surface area contributed by atoms with Gasteiger partial charge in [-0.25, -0.2) is 0 Å². The highest BCUT2D eigenvalue weighted by Gasteiger charge is 2.39. The second kappa shape index (κ2) is 13.0. The molecule has 0 saturated heterocycles. The Labute approximate surface area is 157 Å². The van der Waals surface area contributed by atoms with E-state index in [2.05, 4.69) is 6.92 Å². The highest BCUT2D eigenvalue weighted by molar-refractivity contribution is 5.84. The second-order valence-corrected chi connectivity index (χ2v) is 7.59. The molecule has 0 amide bonds. The van der Waals surface area contributed by atoms with Gasteiger partial charge in [-0.05, 0) is 25.2 Å². The molecule has 1 fully saturated rings. The van der Waals surface area contributed by atoms with E-state index in [-0.39, 0.29) is 43.0 Å². The third-order valence-electron chi connectivity index (χ3n) is 5.41. The summed E-state index contributed by atoms with van der Waals surface area (Å²) in [6.45, 7) is 2.25. The van der Waals surface area contributed by atoms with E-state index in [0.29, 0.717) is 6.42 Å². The molecule has 150 valence electrons. The monoisotopic (exact) mass is 368 g/mol. The van der Waals surface area contributed by atoms with Crippen LogP contribution >= 0.6 is 0 Å². The first-order chi connectivity index (χ1) is 12.5. The van der Waals surface area contributed by atoms with E-state index in [0.717, 1.165) is 51.4 Å². The number of ketones is 1. The molecule has 1 rings (SSSR count). The number of hydrogen-bond donors (Lipinski definition) is 3. The van der Waals surface area contributed by atoms with E-state index in [4.69, 9.17) is 5.11 Å². The predicted molar refractivity (Wildman–Crippen MR) is 102 cm³/mol. The molecular formula is C21H36O5. The number of carboxylic acid groups (broad SMARTS) is 1. The molecule has 0 heterocycles. The van der Waals surface area contributed by atoms with Crippen LogP contribution in [0.1, 0.15) is 77.6 Å². The third-order valence-corrected chi connectivity index (χ3v) is 5.41. The fourth-order valence-corrected chi connectivity index (χ4v) is 3.78. The molecule has 0 aromatic heterocycles. The summed E-state index contributed by atoms with van der Waals surface area (Å²) in [5.41, 5.74) is 0. The molecule has 5 nitrogen and oxygen atoms in total. The number of aliphatic hydroxyl groups is 2. The van der Waals surface area contributed by atoms with Gasteiger partial charge in [0, 0.05) is 31.3 Å². The highest BCUT2D eigenvalue weighted by Crippen LogP contribution is 2.34. The molecule has 0 aromatic rings. The maximum absolute atomic E-state index is 12.2. The average Bonchev–Trinajstić information content (AvgIpc) is 2.87. The standard InChI is InChI=1S/C21H36O5/c1-2-3-6-9-16(15-22)12-13-18-17(19(23)14-20(18)24)10-7-4-5-8-11-21(25)26/h12-13,16-18,20,22,24H,2-11,14-15H2,1H3,(H,25,26)/t16-,17+,18+,20+/m0/s1. The lowest BCUT2D eigenvalue weighted by molar-refractivity contribution is -0.137. The molecule has 3 N–H and O–H groups in total. The van der Waals surface area contributed by atoms with Gasteiger partial charge in [0.2, 0.25) is 0 Å². The lowest BCUT2D eigenvalue weighted by Gasteiger charge is -2.18. The summed E-state index contributed by atoms with van der Waals surface area (Å²) >= 11 is 0. The van der Waals surface area contributed by atoms with Gasteiger partial charge in [0.05, 0.1) is 6.10 Å². The summed E-state index contributed by atoms with van der Waals surface area (Å²) in [5, 5.41) is 28.4. The fraction of sp³-hybridized carbons (Fsp3) is 0.810. The zero-order valence-electron chi connectivity index (χ0n) is 16.1. The maximum atomic E-state index is 12.2. The summed E-state index contributed by atoms with van der Waals surface area (Å²) in [6.07, 6.45) is 12.1. The number of unbranched alkanes of at least 4 members (excludes halogenated alkanes) is 5. The first-order valence-electron chi connectivity index (χ1n) is 10.2. The van der Waals surface area contributed by atoms with Crippen molar-refractivity contribution in [3.05, 3.63) is 12.2 Å². The quantitative estimate of drug-likeness (QED) is 0.321.